The molecule has 32 heavy (non-hydrogen) atoms. The molecule has 0 aliphatic carbocycles. The Morgan fingerprint density at radius 1 is 1.00 bits per heavy atom. The summed E-state index contributed by atoms with van der Waals surface area (Å²) in [5.41, 5.74) is 2.08. The zero-order valence-corrected chi connectivity index (χ0v) is 18.7. The van der Waals surface area contributed by atoms with Crippen LogP contribution >= 0.6 is 11.3 Å². The highest BCUT2D eigenvalue weighted by molar-refractivity contribution is 7.17. The molecule has 162 valence electrons. The lowest BCUT2D eigenvalue weighted by Crippen LogP contribution is -2.19. The predicted molar refractivity (Wildman–Crippen MR) is 127 cm³/mol. The van der Waals surface area contributed by atoms with Gasteiger partial charge in [-0.2, -0.15) is 0 Å². The Hall–Kier alpha value is -3.98. The van der Waals surface area contributed by atoms with Crippen LogP contribution in [0.4, 0.5) is 16.8 Å². The van der Waals surface area contributed by atoms with E-state index in [0.29, 0.717) is 28.1 Å². The third kappa shape index (κ3) is 4.84. The second-order valence-corrected chi connectivity index (χ2v) is 7.92. The molecule has 0 saturated carbocycles. The van der Waals surface area contributed by atoms with Crippen molar-refractivity contribution in [2.24, 2.45) is 0 Å². The van der Waals surface area contributed by atoms with E-state index in [2.05, 4.69) is 20.6 Å². The maximum atomic E-state index is 11.8. The standard InChI is InChI=1S/C23H22N6O2S/c1-24-21(30)17-10-7-11-18(26-17)27-19-14-16(12-13-25-19)31-22-20(15-8-5-4-6-9-15)28-23(32-22)29(2)3/h4-14H,1-3H3,(H,24,30)(H,25,26,27). The normalized spacial score (nSPS) is 10.5. The third-order valence-corrected chi connectivity index (χ3v) is 5.52. The number of hydrogen-bond acceptors (Lipinski definition) is 8. The molecule has 9 heteroatoms. The number of carbonyl (C=O) groups is 1. The summed E-state index contributed by atoms with van der Waals surface area (Å²) < 4.78 is 6.22. The lowest BCUT2D eigenvalue weighted by Gasteiger charge is -2.09. The maximum absolute atomic E-state index is 11.8. The fourth-order valence-corrected chi connectivity index (χ4v) is 3.76. The molecular formula is C23H22N6O2S. The highest BCUT2D eigenvalue weighted by Crippen LogP contribution is 2.41. The number of aromatic nitrogens is 3. The minimum absolute atomic E-state index is 0.256. The van der Waals surface area contributed by atoms with Gasteiger partial charge in [0, 0.05) is 39.0 Å². The average molecular weight is 447 g/mol. The zero-order valence-electron chi connectivity index (χ0n) is 17.9. The van der Waals surface area contributed by atoms with E-state index < -0.39 is 0 Å². The molecule has 3 aromatic heterocycles. The highest BCUT2D eigenvalue weighted by Gasteiger charge is 2.17. The maximum Gasteiger partial charge on any atom is 0.269 e. The van der Waals surface area contributed by atoms with Crippen LogP contribution < -0.4 is 20.3 Å². The second kappa shape index (κ2) is 9.44. The Morgan fingerprint density at radius 2 is 1.81 bits per heavy atom. The first kappa shape index (κ1) is 21.3. The molecule has 3 heterocycles. The summed E-state index contributed by atoms with van der Waals surface area (Å²) in [7, 11) is 5.47. The summed E-state index contributed by atoms with van der Waals surface area (Å²) in [5, 5.41) is 7.22. The number of rotatable bonds is 7. The summed E-state index contributed by atoms with van der Waals surface area (Å²) in [5.74, 6) is 1.40. The van der Waals surface area contributed by atoms with Gasteiger partial charge >= 0.3 is 0 Å². The van der Waals surface area contributed by atoms with E-state index >= 15 is 0 Å². The molecule has 0 fully saturated rings. The molecule has 0 bridgehead atoms. The van der Waals surface area contributed by atoms with Crippen LogP contribution in [0.3, 0.4) is 0 Å². The molecule has 0 aliphatic rings. The highest BCUT2D eigenvalue weighted by atomic mass is 32.1. The van der Waals surface area contributed by atoms with E-state index in [0.717, 1.165) is 16.4 Å². The Kier molecular flexibility index (Phi) is 6.27. The number of anilines is 3. The van der Waals surface area contributed by atoms with Gasteiger partial charge in [-0.05, 0) is 18.2 Å². The van der Waals surface area contributed by atoms with Crippen molar-refractivity contribution in [2.75, 3.05) is 31.4 Å². The van der Waals surface area contributed by atoms with Gasteiger partial charge in [0.2, 0.25) is 5.06 Å². The van der Waals surface area contributed by atoms with Crippen LogP contribution in [0.1, 0.15) is 10.5 Å². The number of nitrogens with zero attached hydrogens (tertiary/aromatic N) is 4. The largest absolute Gasteiger partial charge is 0.444 e. The minimum atomic E-state index is -0.256. The van der Waals surface area contributed by atoms with Crippen LogP contribution in [-0.4, -0.2) is 42.0 Å². The minimum Gasteiger partial charge on any atom is -0.444 e. The van der Waals surface area contributed by atoms with Crippen molar-refractivity contribution in [3.05, 3.63) is 72.6 Å². The Balaban J connectivity index is 1.59. The van der Waals surface area contributed by atoms with Crippen molar-refractivity contribution in [1.82, 2.24) is 20.3 Å². The van der Waals surface area contributed by atoms with E-state index in [1.807, 2.05) is 49.3 Å². The second-order valence-electron chi connectivity index (χ2n) is 6.98. The van der Waals surface area contributed by atoms with Crippen molar-refractivity contribution in [3.63, 3.8) is 0 Å². The Labute approximate surface area is 189 Å². The van der Waals surface area contributed by atoms with E-state index in [4.69, 9.17) is 9.72 Å². The van der Waals surface area contributed by atoms with Gasteiger partial charge in [0.15, 0.2) is 5.13 Å². The molecular weight excluding hydrogens is 424 g/mol. The molecule has 0 radical (unpaired) electrons. The van der Waals surface area contributed by atoms with Gasteiger partial charge in [0.05, 0.1) is 0 Å². The Bertz CT molecular complexity index is 1230. The number of thiazole rings is 1. The lowest BCUT2D eigenvalue weighted by molar-refractivity contribution is 0.0958. The van der Waals surface area contributed by atoms with Gasteiger partial charge in [0.25, 0.3) is 5.91 Å². The van der Waals surface area contributed by atoms with E-state index in [1.165, 1.54) is 11.3 Å². The van der Waals surface area contributed by atoms with E-state index in [9.17, 15) is 4.79 Å². The van der Waals surface area contributed by atoms with Gasteiger partial charge in [-0.25, -0.2) is 15.0 Å². The number of carbonyl (C=O) groups excluding carboxylic acids is 1. The summed E-state index contributed by atoms with van der Waals surface area (Å²) >= 11 is 1.47. The molecule has 0 aliphatic heterocycles. The molecule has 2 N–H and O–H groups in total. The fourth-order valence-electron chi connectivity index (χ4n) is 2.87. The third-order valence-electron chi connectivity index (χ3n) is 4.42. The molecule has 4 aromatic rings. The molecule has 0 unspecified atom stereocenters. The summed E-state index contributed by atoms with van der Waals surface area (Å²) in [6.45, 7) is 0. The van der Waals surface area contributed by atoms with Gasteiger partial charge < -0.3 is 20.3 Å². The zero-order chi connectivity index (χ0) is 22.5. The van der Waals surface area contributed by atoms with Crippen LogP contribution in [0.2, 0.25) is 0 Å². The van der Waals surface area contributed by atoms with Gasteiger partial charge in [-0.1, -0.05) is 47.7 Å². The molecule has 0 spiro atoms. The lowest BCUT2D eigenvalue weighted by atomic mass is 10.2. The molecule has 8 nitrogen and oxygen atoms in total. The van der Waals surface area contributed by atoms with Crippen LogP contribution in [0.5, 0.6) is 10.8 Å². The number of nitrogens with one attached hydrogen (secondary N) is 2. The Morgan fingerprint density at radius 3 is 2.56 bits per heavy atom. The quantitative estimate of drug-likeness (QED) is 0.430. The number of hydrogen-bond donors (Lipinski definition) is 2. The van der Waals surface area contributed by atoms with Crippen LogP contribution in [-0.2, 0) is 0 Å². The first-order chi connectivity index (χ1) is 15.5. The number of amides is 1. The fraction of sp³-hybridized carbons (Fsp3) is 0.130. The molecule has 0 atom stereocenters. The molecule has 1 aromatic carbocycles. The van der Waals surface area contributed by atoms with Crippen LogP contribution in [0.25, 0.3) is 11.3 Å². The molecule has 0 saturated heterocycles. The smallest absolute Gasteiger partial charge is 0.269 e. The number of ether oxygens (including phenoxy) is 1. The van der Waals surface area contributed by atoms with E-state index in [1.54, 1.807) is 43.6 Å². The summed E-state index contributed by atoms with van der Waals surface area (Å²) in [4.78, 5) is 27.2. The van der Waals surface area contributed by atoms with E-state index in [-0.39, 0.29) is 5.91 Å². The topological polar surface area (TPSA) is 92.3 Å². The van der Waals surface area contributed by atoms with Crippen molar-refractivity contribution < 1.29 is 9.53 Å². The van der Waals surface area contributed by atoms with Crippen molar-refractivity contribution in [3.8, 4) is 22.1 Å². The van der Waals surface area contributed by atoms with Crippen LogP contribution in [0.15, 0.2) is 66.9 Å². The predicted octanol–water partition coefficient (Wildman–Crippen LogP) is 4.56. The summed E-state index contributed by atoms with van der Waals surface area (Å²) in [6.07, 6.45) is 1.65. The SMILES string of the molecule is CNC(=O)c1cccc(Nc2cc(Oc3sc(N(C)C)nc3-c3ccccc3)ccn2)n1. The van der Waals surface area contributed by atoms with Gasteiger partial charge in [-0.15, -0.1) is 0 Å². The number of benzene rings is 1. The van der Waals surface area contributed by atoms with Crippen molar-refractivity contribution in [1.29, 1.82) is 0 Å². The van der Waals surface area contributed by atoms with Crippen molar-refractivity contribution in [2.45, 2.75) is 0 Å². The molecule has 1 amide bonds. The summed E-state index contributed by atoms with van der Waals surface area (Å²) in [6, 6.07) is 18.7. The van der Waals surface area contributed by atoms with Gasteiger partial charge in [0.1, 0.15) is 28.8 Å². The molecule has 4 rings (SSSR count). The number of pyridine rings is 2. The van der Waals surface area contributed by atoms with Gasteiger partial charge in [-0.3, -0.25) is 4.79 Å². The van der Waals surface area contributed by atoms with Crippen molar-refractivity contribution >= 4 is 34.0 Å². The first-order valence-electron chi connectivity index (χ1n) is 9.87. The average Bonchev–Trinajstić information content (AvgIpc) is 3.23. The monoisotopic (exact) mass is 446 g/mol. The first-order valence-corrected chi connectivity index (χ1v) is 10.7. The van der Waals surface area contributed by atoms with Crippen LogP contribution in [0, 0.1) is 0 Å².